The molecule has 4 atom stereocenters. The molecule has 3 N–H and O–H groups in total. The van der Waals surface area contributed by atoms with Crippen molar-refractivity contribution in [3.63, 3.8) is 0 Å². The average molecular weight is 264 g/mol. The van der Waals surface area contributed by atoms with Crippen molar-refractivity contribution in [3.05, 3.63) is 4.85 Å². The SMILES string of the molecule is C#[N+][C@](C)(OP(=O)(O)O)[C@@H]1C[C@H]1C(=O)C(C)O. The lowest BCUT2D eigenvalue weighted by atomic mass is 10.1. The molecule has 0 amide bonds. The smallest absolute Gasteiger partial charge is 0.386 e. The van der Waals surface area contributed by atoms with E-state index in [0.717, 1.165) is 0 Å². The van der Waals surface area contributed by atoms with Gasteiger partial charge in [-0.05, 0) is 18.2 Å². The Morgan fingerprint density at radius 3 is 2.53 bits per heavy atom. The van der Waals surface area contributed by atoms with Crippen LogP contribution in [0.2, 0.25) is 0 Å². The highest BCUT2D eigenvalue weighted by Crippen LogP contribution is 2.55. The molecule has 0 aliphatic heterocycles. The molecule has 1 aliphatic rings. The Morgan fingerprint density at radius 1 is 1.65 bits per heavy atom. The maximum absolute atomic E-state index is 11.5. The molecule has 96 valence electrons. The standard InChI is InChI=1S/C9H14NO6P/c1-5(11)8(12)6-4-7(6)9(2,10-3)16-17(13,14)15/h3,5-7,11H,4H2,1-2H3,(H-,13,14,15)/p+1/t5?,6-,7-,9-/m1/s1. The molecule has 1 rings (SSSR count). The topological polar surface area (TPSA) is 108 Å². The van der Waals surface area contributed by atoms with Crippen molar-refractivity contribution in [1.82, 2.24) is 0 Å². The lowest BCUT2D eigenvalue weighted by molar-refractivity contribution is -0.128. The Hall–Kier alpha value is -0.770. The van der Waals surface area contributed by atoms with Crippen LogP contribution in [0.5, 0.6) is 0 Å². The number of hydrogen-bond donors (Lipinski definition) is 3. The lowest BCUT2D eigenvalue weighted by Gasteiger charge is -2.14. The van der Waals surface area contributed by atoms with E-state index < -0.39 is 37.3 Å². The Morgan fingerprint density at radius 2 is 2.18 bits per heavy atom. The van der Waals surface area contributed by atoms with E-state index in [9.17, 15) is 9.36 Å². The Balaban J connectivity index is 2.77. The van der Waals surface area contributed by atoms with Crippen LogP contribution in [-0.4, -0.2) is 32.5 Å². The number of carbonyl (C=O) groups excluding carboxylic acids is 1. The van der Waals surface area contributed by atoms with E-state index in [2.05, 4.69) is 9.37 Å². The van der Waals surface area contributed by atoms with Crippen LogP contribution < -0.4 is 0 Å². The second-order valence-corrected chi connectivity index (χ2v) is 5.46. The van der Waals surface area contributed by atoms with Crippen molar-refractivity contribution in [2.24, 2.45) is 11.8 Å². The maximum Gasteiger partial charge on any atom is 0.475 e. The maximum atomic E-state index is 11.5. The largest absolute Gasteiger partial charge is 0.475 e. The molecule has 0 aromatic heterocycles. The zero-order chi connectivity index (χ0) is 13.4. The third kappa shape index (κ3) is 3.35. The average Bonchev–Trinajstić information content (AvgIpc) is 2.93. The third-order valence-electron chi connectivity index (χ3n) is 2.82. The summed E-state index contributed by atoms with van der Waals surface area (Å²) in [6.07, 6.45) is -0.789. The zero-order valence-corrected chi connectivity index (χ0v) is 10.4. The van der Waals surface area contributed by atoms with Crippen molar-refractivity contribution in [1.29, 1.82) is 0 Å². The van der Waals surface area contributed by atoms with Crippen molar-refractivity contribution in [2.75, 3.05) is 0 Å². The van der Waals surface area contributed by atoms with E-state index in [1.165, 1.54) is 13.8 Å². The summed E-state index contributed by atoms with van der Waals surface area (Å²) in [5.41, 5.74) is -1.62. The summed E-state index contributed by atoms with van der Waals surface area (Å²) < 4.78 is 15.3. The summed E-state index contributed by atoms with van der Waals surface area (Å²) in [5.74, 6) is -1.46. The number of hydrogen-bond acceptors (Lipinski definition) is 4. The van der Waals surface area contributed by atoms with Gasteiger partial charge in [0.2, 0.25) is 0 Å². The van der Waals surface area contributed by atoms with Gasteiger partial charge >= 0.3 is 13.5 Å². The normalized spacial score (nSPS) is 28.9. The number of ketones is 1. The first-order chi connectivity index (χ1) is 7.60. The molecule has 1 saturated carbocycles. The van der Waals surface area contributed by atoms with E-state index in [-0.39, 0.29) is 0 Å². The van der Waals surface area contributed by atoms with Gasteiger partial charge in [0.15, 0.2) is 5.78 Å². The fourth-order valence-electron chi connectivity index (χ4n) is 1.84. The molecule has 0 spiro atoms. The van der Waals surface area contributed by atoms with Crippen LogP contribution in [0.3, 0.4) is 0 Å². The number of phosphoric acid groups is 1. The predicted molar refractivity (Wildman–Crippen MR) is 58.1 cm³/mol. The number of carbonyl (C=O) groups is 1. The highest BCUT2D eigenvalue weighted by molar-refractivity contribution is 7.46. The molecule has 1 fully saturated rings. The van der Waals surface area contributed by atoms with Crippen LogP contribution >= 0.6 is 7.82 Å². The van der Waals surface area contributed by atoms with Crippen LogP contribution in [-0.2, 0) is 13.9 Å². The number of rotatable bonds is 5. The molecule has 0 bridgehead atoms. The van der Waals surface area contributed by atoms with Crippen LogP contribution in [0.1, 0.15) is 20.3 Å². The second kappa shape index (κ2) is 4.48. The van der Waals surface area contributed by atoms with Crippen LogP contribution in [0, 0.1) is 18.4 Å². The summed E-state index contributed by atoms with van der Waals surface area (Å²) in [5, 5.41) is 9.11. The Kier molecular flexibility index (Phi) is 3.77. The summed E-state index contributed by atoms with van der Waals surface area (Å²) in [4.78, 5) is 32.2. The van der Waals surface area contributed by atoms with Gasteiger partial charge in [-0.3, -0.25) is 4.79 Å². The molecule has 8 heteroatoms. The van der Waals surface area contributed by atoms with Crippen molar-refractivity contribution in [2.45, 2.75) is 32.1 Å². The first kappa shape index (κ1) is 14.3. The van der Waals surface area contributed by atoms with Gasteiger partial charge in [-0.25, -0.2) is 9.09 Å². The van der Waals surface area contributed by atoms with Gasteiger partial charge in [-0.2, -0.15) is 0 Å². The molecular formula is C9H15NO6P+. The van der Waals surface area contributed by atoms with Crippen molar-refractivity contribution >= 4 is 13.6 Å². The molecule has 0 saturated heterocycles. The summed E-state index contributed by atoms with van der Waals surface area (Å²) >= 11 is 0. The first-order valence-electron chi connectivity index (χ1n) is 5.01. The zero-order valence-electron chi connectivity index (χ0n) is 9.48. The lowest BCUT2D eigenvalue weighted by Crippen LogP contribution is -2.29. The van der Waals surface area contributed by atoms with Gasteiger partial charge in [0, 0.05) is 12.8 Å². The Labute approximate surface area is 98.5 Å². The monoisotopic (exact) mass is 264 g/mol. The minimum Gasteiger partial charge on any atom is -0.386 e. The van der Waals surface area contributed by atoms with Crippen LogP contribution in [0.25, 0.3) is 4.85 Å². The van der Waals surface area contributed by atoms with Gasteiger partial charge in [0.05, 0.1) is 5.92 Å². The van der Waals surface area contributed by atoms with Crippen molar-refractivity contribution in [3.8, 4) is 6.57 Å². The van der Waals surface area contributed by atoms with E-state index in [0.29, 0.717) is 6.42 Å². The molecule has 0 heterocycles. The Bertz CT molecular complexity index is 410. The minimum absolute atomic E-state index is 0.334. The predicted octanol–water partition coefficient (Wildman–Crippen LogP) is 0.361. The van der Waals surface area contributed by atoms with Crippen LogP contribution in [0.4, 0.5) is 0 Å². The van der Waals surface area contributed by atoms with Gasteiger partial charge in [-0.1, -0.05) is 0 Å². The molecule has 1 unspecified atom stereocenters. The quantitative estimate of drug-likeness (QED) is 0.619. The molecular weight excluding hydrogens is 249 g/mol. The molecule has 1 aliphatic carbocycles. The number of aliphatic hydroxyl groups is 1. The fraction of sp³-hybridized carbons (Fsp3) is 0.778. The summed E-state index contributed by atoms with van der Waals surface area (Å²) in [6.45, 7) is 7.71. The first-order valence-corrected chi connectivity index (χ1v) is 6.54. The van der Waals surface area contributed by atoms with Gasteiger partial charge in [0.25, 0.3) is 6.57 Å². The number of nitrogens with zero attached hydrogens (tertiary/aromatic N) is 1. The van der Waals surface area contributed by atoms with E-state index in [1.807, 2.05) is 0 Å². The number of Topliss-reactive ketones (excluding diaryl/α,β-unsaturated/α-hetero) is 1. The van der Waals surface area contributed by atoms with Gasteiger partial charge < -0.3 is 14.9 Å². The molecule has 0 radical (unpaired) electrons. The molecule has 0 aromatic carbocycles. The number of phosphoric ester groups is 1. The van der Waals surface area contributed by atoms with Gasteiger partial charge in [-0.15, -0.1) is 0 Å². The highest BCUT2D eigenvalue weighted by atomic mass is 31.2. The fourth-order valence-corrected chi connectivity index (χ4v) is 2.50. The van der Waals surface area contributed by atoms with E-state index in [1.54, 1.807) is 0 Å². The molecule has 0 aromatic rings. The molecule has 7 nitrogen and oxygen atoms in total. The van der Waals surface area contributed by atoms with Crippen LogP contribution in [0.15, 0.2) is 0 Å². The number of aliphatic hydroxyl groups excluding tert-OH is 1. The second-order valence-electron chi connectivity index (χ2n) is 4.29. The van der Waals surface area contributed by atoms with Crippen molar-refractivity contribution < 1.29 is 28.8 Å². The minimum atomic E-state index is -4.75. The van der Waals surface area contributed by atoms with E-state index in [4.69, 9.17) is 21.5 Å². The molecule has 17 heavy (non-hydrogen) atoms. The highest BCUT2D eigenvalue weighted by Gasteiger charge is 2.64. The van der Waals surface area contributed by atoms with Gasteiger partial charge in [0.1, 0.15) is 6.10 Å². The summed E-state index contributed by atoms with van der Waals surface area (Å²) in [6, 6.07) is 0. The summed E-state index contributed by atoms with van der Waals surface area (Å²) in [7, 11) is -4.75. The third-order valence-corrected chi connectivity index (χ3v) is 3.42. The van der Waals surface area contributed by atoms with E-state index >= 15 is 0 Å².